The van der Waals surface area contributed by atoms with Crippen LogP contribution in [0.5, 0.6) is 5.75 Å². The molecule has 1 heterocycles. The van der Waals surface area contributed by atoms with Gasteiger partial charge in [0.2, 0.25) is 5.43 Å². The molecule has 174 valence electrons. The summed E-state index contributed by atoms with van der Waals surface area (Å²) in [5, 5.41) is 1.58. The molecule has 0 saturated heterocycles. The van der Waals surface area contributed by atoms with Gasteiger partial charge in [0, 0.05) is 16.1 Å². The van der Waals surface area contributed by atoms with Crippen LogP contribution in [0.15, 0.2) is 76.1 Å². The Balaban J connectivity index is 1.73. The van der Waals surface area contributed by atoms with Crippen LogP contribution in [0.1, 0.15) is 48.5 Å². The third-order valence-electron chi connectivity index (χ3n) is 5.69. The molecule has 0 radical (unpaired) electrons. The van der Waals surface area contributed by atoms with Crippen molar-refractivity contribution >= 4 is 40.1 Å². The van der Waals surface area contributed by atoms with Crippen LogP contribution in [-0.4, -0.2) is 5.97 Å². The Morgan fingerprint density at radius 1 is 0.912 bits per heavy atom. The van der Waals surface area contributed by atoms with Crippen molar-refractivity contribution in [3.05, 3.63) is 98.3 Å². The van der Waals surface area contributed by atoms with Gasteiger partial charge in [0.05, 0.1) is 16.5 Å². The van der Waals surface area contributed by atoms with Gasteiger partial charge in [-0.2, -0.15) is 0 Å². The minimum Gasteiger partial charge on any atom is -0.463 e. The van der Waals surface area contributed by atoms with Crippen molar-refractivity contribution < 1.29 is 13.9 Å². The number of aryl methyl sites for hydroxylation is 1. The minimum atomic E-state index is -0.494. The number of carbonyl (C=O) groups excluding carboxylic acids is 1. The van der Waals surface area contributed by atoms with E-state index in [4.69, 9.17) is 32.4 Å². The Morgan fingerprint density at radius 3 is 2.26 bits per heavy atom. The number of carbonyl (C=O) groups is 1. The quantitative estimate of drug-likeness (QED) is 0.141. The first-order valence-electron chi connectivity index (χ1n) is 11.3. The van der Waals surface area contributed by atoms with Gasteiger partial charge >= 0.3 is 5.97 Å². The fourth-order valence-electron chi connectivity index (χ4n) is 3.81. The summed E-state index contributed by atoms with van der Waals surface area (Å²) in [5.74, 6) is -0.0997. The fourth-order valence-corrected chi connectivity index (χ4v) is 4.06. The molecule has 1 aromatic heterocycles. The second kappa shape index (κ2) is 10.9. The molecule has 0 saturated carbocycles. The Morgan fingerprint density at radius 2 is 1.59 bits per heavy atom. The monoisotopic (exact) mass is 494 g/mol. The van der Waals surface area contributed by atoms with E-state index in [0.717, 1.165) is 36.8 Å². The number of hydrogen-bond donors (Lipinski definition) is 0. The standard InChI is InChI=1S/C28H24Cl2O4/c1-2-3-4-5-6-20-15-23-26(16-25(20)34-28(32)19-9-13-22(30)14-10-19)33-17-24(27(23)31)18-7-11-21(29)12-8-18/h7-17H,2-6H2,1H3. The molecule has 0 N–H and O–H groups in total. The number of esters is 1. The van der Waals surface area contributed by atoms with Crippen LogP contribution in [-0.2, 0) is 6.42 Å². The maximum atomic E-state index is 13.3. The van der Waals surface area contributed by atoms with Crippen molar-refractivity contribution in [2.75, 3.05) is 0 Å². The Kier molecular flexibility index (Phi) is 7.71. The van der Waals surface area contributed by atoms with E-state index in [-0.39, 0.29) is 5.43 Å². The highest BCUT2D eigenvalue weighted by Gasteiger charge is 2.17. The van der Waals surface area contributed by atoms with Gasteiger partial charge in [0.25, 0.3) is 0 Å². The zero-order chi connectivity index (χ0) is 24.1. The highest BCUT2D eigenvalue weighted by atomic mass is 35.5. The molecule has 0 amide bonds. The zero-order valence-electron chi connectivity index (χ0n) is 18.8. The van der Waals surface area contributed by atoms with Crippen molar-refractivity contribution in [2.24, 2.45) is 0 Å². The number of hydrogen-bond acceptors (Lipinski definition) is 4. The molecular formula is C28H24Cl2O4. The van der Waals surface area contributed by atoms with Crippen molar-refractivity contribution in [3.8, 4) is 16.9 Å². The third kappa shape index (κ3) is 5.52. The lowest BCUT2D eigenvalue weighted by atomic mass is 10.0. The van der Waals surface area contributed by atoms with Gasteiger partial charge in [-0.05, 0) is 66.4 Å². The molecule has 4 aromatic rings. The number of unbranched alkanes of at least 4 members (excludes halogenated alkanes) is 3. The summed E-state index contributed by atoms with van der Waals surface area (Å²) in [7, 11) is 0. The lowest BCUT2D eigenvalue weighted by Crippen LogP contribution is -2.11. The molecule has 0 fully saturated rings. The van der Waals surface area contributed by atoms with Gasteiger partial charge in [-0.1, -0.05) is 61.5 Å². The van der Waals surface area contributed by atoms with Crippen LogP contribution in [0.25, 0.3) is 22.1 Å². The first-order chi connectivity index (χ1) is 16.5. The topological polar surface area (TPSA) is 56.5 Å². The molecule has 4 rings (SSSR count). The van der Waals surface area contributed by atoms with Crippen LogP contribution in [0.3, 0.4) is 0 Å². The van der Waals surface area contributed by atoms with E-state index in [1.54, 1.807) is 60.7 Å². The van der Waals surface area contributed by atoms with Crippen LogP contribution >= 0.6 is 23.2 Å². The van der Waals surface area contributed by atoms with Crippen molar-refractivity contribution in [3.63, 3.8) is 0 Å². The van der Waals surface area contributed by atoms with Crippen molar-refractivity contribution in [2.45, 2.75) is 39.0 Å². The second-order valence-electron chi connectivity index (χ2n) is 8.15. The highest BCUT2D eigenvalue weighted by Crippen LogP contribution is 2.29. The third-order valence-corrected chi connectivity index (χ3v) is 6.20. The van der Waals surface area contributed by atoms with Crippen LogP contribution in [0.2, 0.25) is 10.0 Å². The van der Waals surface area contributed by atoms with Crippen molar-refractivity contribution in [1.82, 2.24) is 0 Å². The molecule has 0 aliphatic carbocycles. The molecule has 0 aliphatic heterocycles. The van der Waals surface area contributed by atoms with Gasteiger partial charge in [-0.3, -0.25) is 4.79 Å². The summed E-state index contributed by atoms with van der Waals surface area (Å²) in [6.07, 6.45) is 6.33. The van der Waals surface area contributed by atoms with Gasteiger partial charge in [0.1, 0.15) is 17.6 Å². The lowest BCUT2D eigenvalue weighted by Gasteiger charge is -2.12. The Hall–Kier alpha value is -3.08. The Bertz CT molecular complexity index is 1360. The van der Waals surface area contributed by atoms with Gasteiger partial charge in [-0.15, -0.1) is 0 Å². The molecule has 34 heavy (non-hydrogen) atoms. The number of ether oxygens (including phenoxy) is 1. The maximum absolute atomic E-state index is 13.3. The molecule has 0 bridgehead atoms. The number of rotatable bonds is 8. The summed E-state index contributed by atoms with van der Waals surface area (Å²) in [6, 6.07) is 17.0. The van der Waals surface area contributed by atoms with E-state index in [9.17, 15) is 9.59 Å². The number of benzene rings is 3. The first-order valence-corrected chi connectivity index (χ1v) is 12.0. The summed E-state index contributed by atoms with van der Waals surface area (Å²) >= 11 is 11.9. The van der Waals surface area contributed by atoms with E-state index >= 15 is 0 Å². The molecule has 3 aromatic carbocycles. The summed E-state index contributed by atoms with van der Waals surface area (Å²) in [5.41, 5.74) is 2.58. The number of halogens is 2. The SMILES string of the molecule is CCCCCCc1cc2c(=O)c(-c3ccc(Cl)cc3)coc2cc1OC(=O)c1ccc(Cl)cc1. The molecule has 6 heteroatoms. The smallest absolute Gasteiger partial charge is 0.343 e. The van der Waals surface area contributed by atoms with Crippen LogP contribution in [0.4, 0.5) is 0 Å². The minimum absolute atomic E-state index is 0.144. The van der Waals surface area contributed by atoms with E-state index in [1.807, 2.05) is 0 Å². The average Bonchev–Trinajstić information content (AvgIpc) is 2.83. The predicted molar refractivity (Wildman–Crippen MR) is 137 cm³/mol. The highest BCUT2D eigenvalue weighted by molar-refractivity contribution is 6.31. The maximum Gasteiger partial charge on any atom is 0.343 e. The van der Waals surface area contributed by atoms with E-state index in [2.05, 4.69) is 6.92 Å². The normalized spacial score (nSPS) is 11.0. The number of fused-ring (bicyclic) bond motifs is 1. The zero-order valence-corrected chi connectivity index (χ0v) is 20.3. The van der Waals surface area contributed by atoms with Crippen LogP contribution in [0, 0.1) is 0 Å². The summed E-state index contributed by atoms with van der Waals surface area (Å²) in [6.45, 7) is 2.15. The predicted octanol–water partition coefficient (Wildman–Crippen LogP) is 8.11. The summed E-state index contributed by atoms with van der Waals surface area (Å²) < 4.78 is 11.6. The molecule has 0 spiro atoms. The van der Waals surface area contributed by atoms with E-state index in [0.29, 0.717) is 44.3 Å². The van der Waals surface area contributed by atoms with Gasteiger partial charge in [0.15, 0.2) is 0 Å². The molecular weight excluding hydrogens is 471 g/mol. The van der Waals surface area contributed by atoms with Gasteiger partial charge in [-0.25, -0.2) is 4.79 Å². The summed E-state index contributed by atoms with van der Waals surface area (Å²) in [4.78, 5) is 26.1. The second-order valence-corrected chi connectivity index (χ2v) is 9.02. The fraction of sp³-hybridized carbons (Fsp3) is 0.214. The first kappa shape index (κ1) is 24.1. The van der Waals surface area contributed by atoms with Gasteiger partial charge < -0.3 is 9.15 Å². The largest absolute Gasteiger partial charge is 0.463 e. The molecule has 0 atom stereocenters. The van der Waals surface area contributed by atoms with Crippen LogP contribution < -0.4 is 10.2 Å². The molecule has 4 nitrogen and oxygen atoms in total. The lowest BCUT2D eigenvalue weighted by molar-refractivity contribution is 0.0733. The van der Waals surface area contributed by atoms with Crippen molar-refractivity contribution in [1.29, 1.82) is 0 Å². The average molecular weight is 495 g/mol. The molecule has 0 aliphatic rings. The molecule has 0 unspecified atom stereocenters. The Labute approximate surface area is 208 Å². The van der Waals surface area contributed by atoms with E-state index < -0.39 is 5.97 Å². The van der Waals surface area contributed by atoms with E-state index in [1.165, 1.54) is 6.26 Å².